The van der Waals surface area contributed by atoms with Crippen molar-refractivity contribution in [2.24, 2.45) is 11.8 Å². The van der Waals surface area contributed by atoms with Gasteiger partial charge in [0.15, 0.2) is 22.8 Å². The molecule has 1 saturated carbocycles. The van der Waals surface area contributed by atoms with E-state index in [1.54, 1.807) is 6.08 Å². The molecule has 6 rings (SSSR count). The van der Waals surface area contributed by atoms with Crippen molar-refractivity contribution in [2.75, 3.05) is 0 Å². The lowest BCUT2D eigenvalue weighted by Gasteiger charge is -2.56. The highest BCUT2D eigenvalue weighted by molar-refractivity contribution is 6.18. The van der Waals surface area contributed by atoms with E-state index >= 15 is 0 Å². The van der Waals surface area contributed by atoms with Crippen LogP contribution in [0.25, 0.3) is 0 Å². The summed E-state index contributed by atoms with van der Waals surface area (Å²) in [6, 6.07) is -1.13. The third-order valence-corrected chi connectivity index (χ3v) is 10.9. The molecule has 2 aliphatic heterocycles. The molecule has 5 atom stereocenters. The van der Waals surface area contributed by atoms with Crippen molar-refractivity contribution in [3.63, 3.8) is 0 Å². The number of aromatic hydroxyl groups is 2. The highest BCUT2D eigenvalue weighted by atomic mass is 16.6. The minimum absolute atomic E-state index is 0.0233. The first-order valence-electron chi connectivity index (χ1n) is 17.7. The second-order valence-corrected chi connectivity index (χ2v) is 15.6. The van der Waals surface area contributed by atoms with Crippen molar-refractivity contribution in [1.29, 1.82) is 0 Å². The number of aliphatic carboxylic acids is 1. The number of hydrogen-bond acceptors (Lipinski definition) is 8. The lowest BCUT2D eigenvalue weighted by atomic mass is 9.51. The predicted molar refractivity (Wildman–Crippen MR) is 193 cm³/mol. The van der Waals surface area contributed by atoms with Crippen molar-refractivity contribution in [3.05, 3.63) is 74.9 Å². The van der Waals surface area contributed by atoms with E-state index in [0.717, 1.165) is 24.0 Å². The zero-order valence-corrected chi connectivity index (χ0v) is 31.2. The summed E-state index contributed by atoms with van der Waals surface area (Å²) < 4.78 is 13.8. The molecule has 51 heavy (non-hydrogen) atoms. The van der Waals surface area contributed by atoms with Gasteiger partial charge in [0.25, 0.3) is 0 Å². The summed E-state index contributed by atoms with van der Waals surface area (Å²) in [6.45, 7) is 16.5. The summed E-state index contributed by atoms with van der Waals surface area (Å²) in [5.41, 5.74) is -0.0838. The van der Waals surface area contributed by atoms with Crippen LogP contribution in [0.1, 0.15) is 109 Å². The Bertz CT molecular complexity index is 1850. The number of phenolic OH excluding ortho intramolecular Hbond substituents is 2. The van der Waals surface area contributed by atoms with Gasteiger partial charge in [-0.15, -0.1) is 0 Å². The van der Waals surface area contributed by atoms with Gasteiger partial charge in [-0.05, 0) is 94.4 Å². The Morgan fingerprint density at radius 1 is 0.961 bits per heavy atom. The van der Waals surface area contributed by atoms with E-state index in [1.165, 1.54) is 25.5 Å². The zero-order chi connectivity index (χ0) is 37.8. The minimum Gasteiger partial charge on any atom is -0.507 e. The number of fused-ring (bicyclic) bond motifs is 1. The maximum Gasteiger partial charge on any atom is 0.325 e. The summed E-state index contributed by atoms with van der Waals surface area (Å²) in [6.07, 6.45) is 11.5. The first-order valence-corrected chi connectivity index (χ1v) is 17.7. The van der Waals surface area contributed by atoms with E-state index in [9.17, 15) is 34.5 Å². The van der Waals surface area contributed by atoms with Crippen molar-refractivity contribution in [2.45, 2.75) is 124 Å². The number of nitrogens with one attached hydrogen (secondary N) is 1. The number of allylic oxidation sites excluding steroid dienone is 7. The molecule has 4 bridgehead atoms. The fourth-order valence-electron chi connectivity index (χ4n) is 8.18. The van der Waals surface area contributed by atoms with Crippen LogP contribution >= 0.6 is 0 Å². The molecule has 1 amide bonds. The van der Waals surface area contributed by atoms with Gasteiger partial charge in [-0.25, -0.2) is 0 Å². The minimum atomic E-state index is -1.72. The second kappa shape index (κ2) is 13.6. The van der Waals surface area contributed by atoms with E-state index in [-0.39, 0.29) is 64.6 Å². The van der Waals surface area contributed by atoms with Gasteiger partial charge in [0.1, 0.15) is 28.9 Å². The van der Waals surface area contributed by atoms with Gasteiger partial charge in [0.05, 0.1) is 5.60 Å². The van der Waals surface area contributed by atoms with Crippen LogP contribution < -0.4 is 10.1 Å². The van der Waals surface area contributed by atoms with Crippen molar-refractivity contribution in [1.82, 2.24) is 5.32 Å². The number of amides is 1. The van der Waals surface area contributed by atoms with Gasteiger partial charge in [-0.2, -0.15) is 0 Å². The maximum absolute atomic E-state index is 14.8. The Hall–Kier alpha value is -4.44. The summed E-state index contributed by atoms with van der Waals surface area (Å²) in [4.78, 5) is 53.6. The number of hydrogen-bond donors (Lipinski definition) is 4. The quantitative estimate of drug-likeness (QED) is 0.136. The largest absolute Gasteiger partial charge is 0.507 e. The average Bonchev–Trinajstić information content (AvgIpc) is 3.19. The van der Waals surface area contributed by atoms with Crippen LogP contribution in [-0.4, -0.2) is 61.6 Å². The first-order chi connectivity index (χ1) is 23.8. The second-order valence-electron chi connectivity index (χ2n) is 15.6. The molecule has 10 nitrogen and oxygen atoms in total. The summed E-state index contributed by atoms with van der Waals surface area (Å²) in [7, 11) is 0. The number of carbonyl (C=O) groups is 4. The molecular formula is C41H51NO9. The van der Waals surface area contributed by atoms with Gasteiger partial charge in [-0.1, -0.05) is 47.1 Å². The van der Waals surface area contributed by atoms with E-state index in [2.05, 4.69) is 11.4 Å². The molecule has 1 aromatic carbocycles. The van der Waals surface area contributed by atoms with Gasteiger partial charge in [-0.3, -0.25) is 19.2 Å². The van der Waals surface area contributed by atoms with Crippen LogP contribution in [0.2, 0.25) is 0 Å². The highest BCUT2D eigenvalue weighted by Gasteiger charge is 2.81. The van der Waals surface area contributed by atoms with Crippen LogP contribution in [-0.2, 0) is 32.0 Å². The zero-order valence-electron chi connectivity index (χ0n) is 31.2. The summed E-state index contributed by atoms with van der Waals surface area (Å²) in [5, 5.41) is 35.3. The SMILES string of the molecule is CC(C)=CCC/C(C)=C/Cc1c(O)c(CC=C(C)C)c2c(c1O)C(=O)C1=CC3CC4C(C)(C)OC(C/C=C(/C)C(=O)N[C@H](C)C(=O)O)(C3=O)C14O2. The molecule has 1 saturated heterocycles. The summed E-state index contributed by atoms with van der Waals surface area (Å²) >= 11 is 0. The molecule has 3 aliphatic carbocycles. The molecule has 5 aliphatic rings. The molecule has 274 valence electrons. The molecule has 2 fully saturated rings. The molecule has 10 heteroatoms. The summed E-state index contributed by atoms with van der Waals surface area (Å²) in [5.74, 6) is -4.21. The number of carboxylic acid groups (broad SMARTS) is 1. The molecule has 1 aromatic rings. The van der Waals surface area contributed by atoms with Crippen LogP contribution in [0.4, 0.5) is 0 Å². The van der Waals surface area contributed by atoms with Crippen LogP contribution in [0.15, 0.2) is 58.2 Å². The van der Waals surface area contributed by atoms with Gasteiger partial charge in [0.2, 0.25) is 5.91 Å². The van der Waals surface area contributed by atoms with Gasteiger partial charge >= 0.3 is 5.97 Å². The molecule has 4 N–H and O–H groups in total. The number of ether oxygens (including phenoxy) is 2. The number of Topliss-reactive ketones (excluding diaryl/α,β-unsaturated/α-hetero) is 2. The number of carboxylic acids is 1. The monoisotopic (exact) mass is 701 g/mol. The third kappa shape index (κ3) is 6.26. The fraction of sp³-hybridized carbons (Fsp3) is 0.512. The van der Waals surface area contributed by atoms with Gasteiger partial charge in [0, 0.05) is 40.5 Å². The lowest BCUT2D eigenvalue weighted by molar-refractivity contribution is -0.171. The standard InChI is InChI=1S/C41H51NO9/c1-21(2)11-10-12-23(5)14-16-27-32(43)28(15-13-22(3)4)35-31(33(27)44)34(45)29-19-26-20-30-39(8,9)51-40(36(26)46,41(29,30)50-35)18-17-24(6)37(47)42-25(7)38(48)49/h11,13-14,17,19,25-26,30,43-44H,10,12,15-16,18,20H2,1-9H3,(H,42,47)(H,48,49)/b23-14+,24-17-/t25-,26?,30?,40?,41?/m1/s1. The Kier molecular flexibility index (Phi) is 10.1. The Labute approximate surface area is 300 Å². The average molecular weight is 702 g/mol. The third-order valence-electron chi connectivity index (χ3n) is 10.9. The Balaban J connectivity index is 1.66. The molecular weight excluding hydrogens is 650 g/mol. The van der Waals surface area contributed by atoms with Gasteiger partial charge < -0.3 is 30.1 Å². The van der Waals surface area contributed by atoms with Crippen LogP contribution in [0.3, 0.4) is 0 Å². The van der Waals surface area contributed by atoms with Crippen molar-refractivity contribution < 1.29 is 44.0 Å². The van der Waals surface area contributed by atoms with E-state index in [1.807, 2.05) is 60.6 Å². The Morgan fingerprint density at radius 2 is 1.61 bits per heavy atom. The van der Waals surface area contributed by atoms with E-state index < -0.39 is 52.3 Å². The first kappa shape index (κ1) is 37.8. The number of rotatable bonds is 12. The molecule has 0 aromatic heterocycles. The Morgan fingerprint density at radius 3 is 2.24 bits per heavy atom. The van der Waals surface area contributed by atoms with E-state index in [0.29, 0.717) is 12.0 Å². The smallest absolute Gasteiger partial charge is 0.325 e. The topological polar surface area (TPSA) is 159 Å². The number of benzene rings is 1. The van der Waals surface area contributed by atoms with Crippen molar-refractivity contribution >= 4 is 23.4 Å². The number of phenols is 2. The highest BCUT2D eigenvalue weighted by Crippen LogP contribution is 2.68. The fourth-order valence-corrected chi connectivity index (χ4v) is 8.18. The molecule has 2 heterocycles. The predicted octanol–water partition coefficient (Wildman–Crippen LogP) is 6.77. The normalized spacial score (nSPS) is 26.4. The van der Waals surface area contributed by atoms with Crippen LogP contribution in [0, 0.1) is 11.8 Å². The number of carbonyl (C=O) groups excluding carboxylic acids is 3. The van der Waals surface area contributed by atoms with Crippen molar-refractivity contribution in [3.8, 4) is 17.2 Å². The lowest BCUT2D eigenvalue weighted by Crippen LogP contribution is -2.72. The molecule has 0 radical (unpaired) electrons. The number of ketones is 2. The molecule has 1 spiro atoms. The molecule has 4 unspecified atom stereocenters. The maximum atomic E-state index is 14.8. The van der Waals surface area contributed by atoms with E-state index in [4.69, 9.17) is 9.47 Å². The van der Waals surface area contributed by atoms with Crippen LogP contribution in [0.5, 0.6) is 17.2 Å².